The minimum atomic E-state index is -3.58. The van der Waals surface area contributed by atoms with Gasteiger partial charge < -0.3 is 10.5 Å². The van der Waals surface area contributed by atoms with E-state index in [0.717, 1.165) is 6.61 Å². The zero-order valence-corrected chi connectivity index (χ0v) is 12.8. The third-order valence-electron chi connectivity index (χ3n) is 2.85. The fourth-order valence-corrected chi connectivity index (χ4v) is 3.28. The lowest BCUT2D eigenvalue weighted by atomic mass is 10.3. The molecule has 1 aliphatic rings. The van der Waals surface area contributed by atoms with Gasteiger partial charge in [-0.25, -0.2) is 13.1 Å². The molecule has 0 aromatic heterocycles. The first-order valence-corrected chi connectivity index (χ1v) is 8.39. The van der Waals surface area contributed by atoms with Gasteiger partial charge in [0.2, 0.25) is 10.0 Å². The third-order valence-corrected chi connectivity index (χ3v) is 4.86. The highest BCUT2D eigenvalue weighted by Gasteiger charge is 2.21. The number of nitrogens with one attached hydrogen (secondary N) is 1. The van der Waals surface area contributed by atoms with Crippen LogP contribution in [-0.4, -0.2) is 28.2 Å². The monoisotopic (exact) mass is 348 g/mol. The van der Waals surface area contributed by atoms with E-state index in [9.17, 15) is 8.42 Å². The largest absolute Gasteiger partial charge is 0.398 e. The molecule has 1 aromatic carbocycles. The van der Waals surface area contributed by atoms with Gasteiger partial charge in [0, 0.05) is 17.6 Å². The molecule has 0 amide bonds. The predicted molar refractivity (Wildman–Crippen MR) is 77.3 cm³/mol. The van der Waals surface area contributed by atoms with Crippen molar-refractivity contribution in [2.75, 3.05) is 25.5 Å². The summed E-state index contributed by atoms with van der Waals surface area (Å²) in [7, 11) is -3.58. The summed E-state index contributed by atoms with van der Waals surface area (Å²) in [6, 6.07) is 4.75. The summed E-state index contributed by atoms with van der Waals surface area (Å²) in [4.78, 5) is 0.0871. The van der Waals surface area contributed by atoms with Crippen LogP contribution in [0.1, 0.15) is 12.8 Å². The van der Waals surface area contributed by atoms with Crippen LogP contribution < -0.4 is 10.5 Å². The van der Waals surface area contributed by atoms with Crippen LogP contribution in [0.15, 0.2) is 27.6 Å². The molecule has 0 aliphatic heterocycles. The van der Waals surface area contributed by atoms with Crippen LogP contribution in [0.25, 0.3) is 0 Å². The summed E-state index contributed by atoms with van der Waals surface area (Å²) in [5.41, 5.74) is 5.91. The molecule has 5 nitrogen and oxygen atoms in total. The molecule has 1 aliphatic carbocycles. The summed E-state index contributed by atoms with van der Waals surface area (Å²) in [6.45, 7) is 1.35. The minimum Gasteiger partial charge on any atom is -0.398 e. The smallest absolute Gasteiger partial charge is 0.242 e. The Morgan fingerprint density at radius 1 is 1.42 bits per heavy atom. The molecular weight excluding hydrogens is 332 g/mol. The Balaban J connectivity index is 1.87. The van der Waals surface area contributed by atoms with Gasteiger partial charge in [-0.1, -0.05) is 15.9 Å². The number of rotatable bonds is 7. The van der Waals surface area contributed by atoms with Gasteiger partial charge in [-0.15, -0.1) is 0 Å². The highest BCUT2D eigenvalue weighted by Crippen LogP contribution is 2.28. The number of sulfonamides is 1. The van der Waals surface area contributed by atoms with Gasteiger partial charge >= 0.3 is 0 Å². The van der Waals surface area contributed by atoms with E-state index in [1.165, 1.54) is 18.9 Å². The fraction of sp³-hybridized carbons (Fsp3) is 0.500. The summed E-state index contributed by atoms with van der Waals surface area (Å²) >= 11 is 3.23. The van der Waals surface area contributed by atoms with E-state index in [1.807, 2.05) is 0 Å². The van der Waals surface area contributed by atoms with Crippen molar-refractivity contribution in [3.05, 3.63) is 22.7 Å². The zero-order chi connectivity index (χ0) is 13.9. The van der Waals surface area contributed by atoms with E-state index >= 15 is 0 Å². The number of nitrogen functional groups attached to an aromatic ring is 1. The van der Waals surface area contributed by atoms with Crippen molar-refractivity contribution in [2.45, 2.75) is 17.7 Å². The maximum Gasteiger partial charge on any atom is 0.242 e. The number of hydrogen-bond donors (Lipinski definition) is 2. The SMILES string of the molecule is Nc1ccc(Br)cc1S(=O)(=O)NCCOCC1CC1. The highest BCUT2D eigenvalue weighted by molar-refractivity contribution is 9.10. The van der Waals surface area contributed by atoms with Crippen molar-refractivity contribution in [1.29, 1.82) is 0 Å². The summed E-state index contributed by atoms with van der Waals surface area (Å²) in [6.07, 6.45) is 2.45. The normalized spacial score (nSPS) is 15.6. The standard InChI is InChI=1S/C12H17BrN2O3S/c13-10-3-4-11(14)12(7-10)19(16,17)15-5-6-18-8-9-1-2-9/h3-4,7,9,15H,1-2,5-6,8,14H2. The highest BCUT2D eigenvalue weighted by atomic mass is 79.9. The molecule has 3 N–H and O–H groups in total. The number of ether oxygens (including phenoxy) is 1. The lowest BCUT2D eigenvalue weighted by Gasteiger charge is -2.09. The van der Waals surface area contributed by atoms with Gasteiger partial charge in [0.05, 0.1) is 12.3 Å². The minimum absolute atomic E-state index is 0.0871. The number of nitrogens with two attached hydrogens (primary N) is 1. The van der Waals surface area contributed by atoms with E-state index < -0.39 is 10.0 Å². The summed E-state index contributed by atoms with van der Waals surface area (Å²) in [5, 5.41) is 0. The fourth-order valence-electron chi connectivity index (χ4n) is 1.60. The Bertz CT molecular complexity index is 544. The Morgan fingerprint density at radius 2 is 2.16 bits per heavy atom. The molecule has 0 spiro atoms. The van der Waals surface area contributed by atoms with Crippen LogP contribution in [0, 0.1) is 5.92 Å². The Hall–Kier alpha value is -0.630. The number of anilines is 1. The first-order chi connectivity index (χ1) is 8.99. The number of benzene rings is 1. The molecule has 7 heteroatoms. The van der Waals surface area contributed by atoms with Crippen LogP contribution in [-0.2, 0) is 14.8 Å². The van der Waals surface area contributed by atoms with Gasteiger partial charge in [-0.05, 0) is 37.0 Å². The van der Waals surface area contributed by atoms with Gasteiger partial charge in [0.25, 0.3) is 0 Å². The van der Waals surface area contributed by atoms with E-state index in [0.29, 0.717) is 17.0 Å². The number of halogens is 1. The van der Waals surface area contributed by atoms with Crippen LogP contribution in [0.5, 0.6) is 0 Å². The average molecular weight is 349 g/mol. The van der Waals surface area contributed by atoms with Crippen LogP contribution in [0.3, 0.4) is 0 Å². The molecular formula is C12H17BrN2O3S. The molecule has 0 bridgehead atoms. The first kappa shape index (κ1) is 14.8. The molecule has 0 atom stereocenters. The number of hydrogen-bond acceptors (Lipinski definition) is 4. The maximum atomic E-state index is 12.0. The molecule has 106 valence electrons. The quantitative estimate of drug-likeness (QED) is 0.580. The molecule has 19 heavy (non-hydrogen) atoms. The molecule has 2 rings (SSSR count). The van der Waals surface area contributed by atoms with Crippen molar-refractivity contribution >= 4 is 31.6 Å². The van der Waals surface area contributed by atoms with Crippen molar-refractivity contribution in [3.8, 4) is 0 Å². The second kappa shape index (κ2) is 6.21. The third kappa shape index (κ3) is 4.45. The van der Waals surface area contributed by atoms with Crippen molar-refractivity contribution in [1.82, 2.24) is 4.72 Å². The van der Waals surface area contributed by atoms with Gasteiger partial charge in [-0.2, -0.15) is 0 Å². The Morgan fingerprint density at radius 3 is 2.84 bits per heavy atom. The molecule has 0 saturated heterocycles. The average Bonchev–Trinajstić information content (AvgIpc) is 3.15. The lowest BCUT2D eigenvalue weighted by molar-refractivity contribution is 0.129. The molecule has 0 radical (unpaired) electrons. The van der Waals surface area contributed by atoms with E-state index in [1.54, 1.807) is 12.1 Å². The Labute approximate surface area is 121 Å². The molecule has 1 fully saturated rings. The lowest BCUT2D eigenvalue weighted by Crippen LogP contribution is -2.28. The van der Waals surface area contributed by atoms with Gasteiger partial charge in [-0.3, -0.25) is 0 Å². The second-order valence-electron chi connectivity index (χ2n) is 4.60. The van der Waals surface area contributed by atoms with Crippen LogP contribution in [0.2, 0.25) is 0 Å². The van der Waals surface area contributed by atoms with Gasteiger partial charge in [0.15, 0.2) is 0 Å². The molecule has 1 aromatic rings. The molecule has 0 unspecified atom stereocenters. The van der Waals surface area contributed by atoms with Crippen LogP contribution in [0.4, 0.5) is 5.69 Å². The second-order valence-corrected chi connectivity index (χ2v) is 7.25. The van der Waals surface area contributed by atoms with Crippen molar-refractivity contribution in [3.63, 3.8) is 0 Å². The van der Waals surface area contributed by atoms with Crippen molar-refractivity contribution < 1.29 is 13.2 Å². The molecule has 1 saturated carbocycles. The maximum absolute atomic E-state index is 12.0. The van der Waals surface area contributed by atoms with E-state index in [-0.39, 0.29) is 17.1 Å². The van der Waals surface area contributed by atoms with Gasteiger partial charge in [0.1, 0.15) is 4.90 Å². The first-order valence-electron chi connectivity index (χ1n) is 6.11. The van der Waals surface area contributed by atoms with E-state index in [2.05, 4.69) is 20.7 Å². The predicted octanol–water partition coefficient (Wildman–Crippen LogP) is 1.74. The zero-order valence-electron chi connectivity index (χ0n) is 10.4. The topological polar surface area (TPSA) is 81.4 Å². The van der Waals surface area contributed by atoms with Crippen molar-refractivity contribution in [2.24, 2.45) is 5.92 Å². The van der Waals surface area contributed by atoms with Crippen LogP contribution >= 0.6 is 15.9 Å². The molecule has 0 heterocycles. The van der Waals surface area contributed by atoms with E-state index in [4.69, 9.17) is 10.5 Å². The Kier molecular flexibility index (Phi) is 4.83. The summed E-state index contributed by atoms with van der Waals surface area (Å²) < 4.78 is 32.6. The summed E-state index contributed by atoms with van der Waals surface area (Å²) in [5.74, 6) is 0.678.